The zero-order valence-electron chi connectivity index (χ0n) is 10.3. The van der Waals surface area contributed by atoms with Gasteiger partial charge in [-0.2, -0.15) is 13.2 Å². The van der Waals surface area contributed by atoms with Crippen LogP contribution in [0, 0.1) is 0 Å². The second-order valence-electron chi connectivity index (χ2n) is 4.52. The molecule has 0 spiro atoms. The summed E-state index contributed by atoms with van der Waals surface area (Å²) in [5, 5.41) is 0. The van der Waals surface area contributed by atoms with Gasteiger partial charge in [0.05, 0.1) is 11.1 Å². The van der Waals surface area contributed by atoms with Crippen LogP contribution in [0.5, 0.6) is 0 Å². The molecule has 1 aliphatic rings. The van der Waals surface area contributed by atoms with E-state index < -0.39 is 17.6 Å². The third-order valence-electron chi connectivity index (χ3n) is 3.13. The van der Waals surface area contributed by atoms with Crippen molar-refractivity contribution in [1.82, 2.24) is 4.90 Å². The summed E-state index contributed by atoms with van der Waals surface area (Å²) < 4.78 is 39.2. The maximum Gasteiger partial charge on any atom is 0.417 e. The highest BCUT2D eigenvalue weighted by molar-refractivity contribution is 9.10. The summed E-state index contributed by atoms with van der Waals surface area (Å²) in [6, 6.07) is 3.45. The molecule has 1 aromatic carbocycles. The molecule has 0 aromatic heterocycles. The van der Waals surface area contributed by atoms with Gasteiger partial charge in [-0.1, -0.05) is 15.9 Å². The SMILES string of the molecule is O=C1CCN(C(=O)c2ccc(Br)cc2C(F)(F)F)CC1. The first-order chi connectivity index (χ1) is 9.29. The predicted octanol–water partition coefficient (Wildman–Crippen LogP) is 3.27. The molecule has 0 saturated carbocycles. The van der Waals surface area contributed by atoms with Crippen LogP contribution in [0.2, 0.25) is 0 Å². The van der Waals surface area contributed by atoms with Gasteiger partial charge in [0, 0.05) is 30.4 Å². The van der Waals surface area contributed by atoms with Crippen molar-refractivity contribution in [3.8, 4) is 0 Å². The van der Waals surface area contributed by atoms with Crippen molar-refractivity contribution in [2.75, 3.05) is 13.1 Å². The van der Waals surface area contributed by atoms with Crippen LogP contribution in [0.4, 0.5) is 13.2 Å². The Bertz CT molecular complexity index is 547. The van der Waals surface area contributed by atoms with E-state index in [0.29, 0.717) is 0 Å². The molecular weight excluding hydrogens is 339 g/mol. The first-order valence-electron chi connectivity index (χ1n) is 5.97. The molecule has 0 N–H and O–H groups in total. The second-order valence-corrected chi connectivity index (χ2v) is 5.43. The van der Waals surface area contributed by atoms with E-state index in [1.54, 1.807) is 0 Å². The summed E-state index contributed by atoms with van der Waals surface area (Å²) in [6.45, 7) is 0.343. The summed E-state index contributed by atoms with van der Waals surface area (Å²) in [7, 11) is 0. The second kappa shape index (κ2) is 5.55. The van der Waals surface area contributed by atoms with Crippen LogP contribution in [0.15, 0.2) is 22.7 Å². The Kier molecular flexibility index (Phi) is 4.17. The van der Waals surface area contributed by atoms with Gasteiger partial charge < -0.3 is 4.90 Å². The number of carbonyl (C=O) groups is 2. The van der Waals surface area contributed by atoms with Gasteiger partial charge in [-0.25, -0.2) is 0 Å². The molecule has 20 heavy (non-hydrogen) atoms. The van der Waals surface area contributed by atoms with Crippen LogP contribution < -0.4 is 0 Å². The third-order valence-corrected chi connectivity index (χ3v) is 3.62. The van der Waals surface area contributed by atoms with Gasteiger partial charge in [0.2, 0.25) is 0 Å². The molecule has 1 aromatic rings. The molecule has 1 heterocycles. The number of benzene rings is 1. The molecular formula is C13H11BrF3NO2. The standard InChI is InChI=1S/C13H11BrF3NO2/c14-8-1-2-10(11(7-8)13(15,16)17)12(20)18-5-3-9(19)4-6-18/h1-2,7H,3-6H2. The van der Waals surface area contributed by atoms with Crippen LogP contribution in [0.1, 0.15) is 28.8 Å². The Morgan fingerprint density at radius 1 is 1.20 bits per heavy atom. The van der Waals surface area contributed by atoms with Crippen LogP contribution in [-0.2, 0) is 11.0 Å². The van der Waals surface area contributed by atoms with Crippen molar-refractivity contribution in [3.63, 3.8) is 0 Å². The van der Waals surface area contributed by atoms with Crippen molar-refractivity contribution in [2.24, 2.45) is 0 Å². The number of carbonyl (C=O) groups excluding carboxylic acids is 2. The average Bonchev–Trinajstić information content (AvgIpc) is 2.38. The fraction of sp³-hybridized carbons (Fsp3) is 0.385. The lowest BCUT2D eigenvalue weighted by atomic mass is 10.0. The molecule has 108 valence electrons. The number of piperidine rings is 1. The fourth-order valence-corrected chi connectivity index (χ4v) is 2.43. The lowest BCUT2D eigenvalue weighted by Crippen LogP contribution is -2.39. The molecule has 0 atom stereocenters. The molecule has 1 fully saturated rings. The molecule has 0 bridgehead atoms. The minimum atomic E-state index is -4.60. The number of likely N-dealkylation sites (tertiary alicyclic amines) is 1. The molecule has 1 aliphatic heterocycles. The molecule has 7 heteroatoms. The lowest BCUT2D eigenvalue weighted by Gasteiger charge is -2.27. The number of halogens is 4. The van der Waals surface area contributed by atoms with Gasteiger partial charge in [0.1, 0.15) is 5.78 Å². The fourth-order valence-electron chi connectivity index (χ4n) is 2.07. The summed E-state index contributed by atoms with van der Waals surface area (Å²) in [4.78, 5) is 24.6. The van der Waals surface area contributed by atoms with E-state index in [9.17, 15) is 22.8 Å². The molecule has 0 aliphatic carbocycles. The van der Waals surface area contributed by atoms with E-state index in [2.05, 4.69) is 15.9 Å². The molecule has 2 rings (SSSR count). The lowest BCUT2D eigenvalue weighted by molar-refractivity contribution is -0.138. The minimum absolute atomic E-state index is 0.0286. The van der Waals surface area contributed by atoms with E-state index in [-0.39, 0.29) is 41.8 Å². The van der Waals surface area contributed by atoms with E-state index in [4.69, 9.17) is 0 Å². The maximum absolute atomic E-state index is 13.0. The van der Waals surface area contributed by atoms with Crippen molar-refractivity contribution in [2.45, 2.75) is 19.0 Å². The van der Waals surface area contributed by atoms with Crippen LogP contribution in [-0.4, -0.2) is 29.7 Å². The highest BCUT2D eigenvalue weighted by Crippen LogP contribution is 2.34. The van der Waals surface area contributed by atoms with Crippen LogP contribution >= 0.6 is 15.9 Å². The quantitative estimate of drug-likeness (QED) is 0.780. The van der Waals surface area contributed by atoms with Crippen molar-refractivity contribution in [3.05, 3.63) is 33.8 Å². The van der Waals surface area contributed by atoms with Gasteiger partial charge in [-0.15, -0.1) is 0 Å². The van der Waals surface area contributed by atoms with Crippen molar-refractivity contribution >= 4 is 27.6 Å². The number of Topliss-reactive ketones (excluding diaryl/α,β-unsaturated/α-hetero) is 1. The molecule has 0 radical (unpaired) electrons. The van der Waals surface area contributed by atoms with E-state index in [0.717, 1.165) is 12.1 Å². The number of hydrogen-bond acceptors (Lipinski definition) is 2. The monoisotopic (exact) mass is 349 g/mol. The maximum atomic E-state index is 13.0. The molecule has 1 amide bonds. The first kappa shape index (κ1) is 15.0. The zero-order chi connectivity index (χ0) is 14.9. The Hall–Kier alpha value is -1.37. The summed E-state index contributed by atoms with van der Waals surface area (Å²) >= 11 is 2.97. The number of nitrogens with zero attached hydrogens (tertiary/aromatic N) is 1. The van der Waals surface area contributed by atoms with E-state index >= 15 is 0 Å². The van der Waals surface area contributed by atoms with Crippen molar-refractivity contribution in [1.29, 1.82) is 0 Å². The smallest absolute Gasteiger partial charge is 0.338 e. The number of amides is 1. The first-order valence-corrected chi connectivity index (χ1v) is 6.76. The van der Waals surface area contributed by atoms with Gasteiger partial charge in [-0.3, -0.25) is 9.59 Å². The van der Waals surface area contributed by atoms with Gasteiger partial charge >= 0.3 is 6.18 Å². The van der Waals surface area contributed by atoms with E-state index in [1.165, 1.54) is 11.0 Å². The van der Waals surface area contributed by atoms with Gasteiger partial charge in [0.25, 0.3) is 5.91 Å². The van der Waals surface area contributed by atoms with E-state index in [1.807, 2.05) is 0 Å². The summed E-state index contributed by atoms with van der Waals surface area (Å²) in [6.07, 6.45) is -4.20. The van der Waals surface area contributed by atoms with Gasteiger partial charge in [-0.05, 0) is 18.2 Å². The predicted molar refractivity (Wildman–Crippen MR) is 69.3 cm³/mol. The number of alkyl halides is 3. The Morgan fingerprint density at radius 3 is 2.35 bits per heavy atom. The number of hydrogen-bond donors (Lipinski definition) is 0. The molecule has 1 saturated heterocycles. The molecule has 3 nitrogen and oxygen atoms in total. The Balaban J connectivity index is 2.32. The average molecular weight is 350 g/mol. The zero-order valence-corrected chi connectivity index (χ0v) is 11.9. The normalized spacial score (nSPS) is 16.4. The molecule has 0 unspecified atom stereocenters. The highest BCUT2D eigenvalue weighted by Gasteiger charge is 2.36. The highest BCUT2D eigenvalue weighted by atomic mass is 79.9. The Labute approximate surface area is 121 Å². The Morgan fingerprint density at radius 2 is 1.80 bits per heavy atom. The summed E-state index contributed by atoms with van der Waals surface area (Å²) in [5.74, 6) is -0.654. The van der Waals surface area contributed by atoms with Gasteiger partial charge in [0.15, 0.2) is 0 Å². The largest absolute Gasteiger partial charge is 0.417 e. The third kappa shape index (κ3) is 3.20. The topological polar surface area (TPSA) is 37.4 Å². The number of rotatable bonds is 1. The van der Waals surface area contributed by atoms with Crippen LogP contribution in [0.3, 0.4) is 0 Å². The van der Waals surface area contributed by atoms with Crippen molar-refractivity contribution < 1.29 is 22.8 Å². The minimum Gasteiger partial charge on any atom is -0.338 e. The number of ketones is 1. The summed E-state index contributed by atoms with van der Waals surface area (Å²) in [5.41, 5.74) is -1.34. The van der Waals surface area contributed by atoms with Crippen LogP contribution in [0.25, 0.3) is 0 Å².